The average molecular weight is 453 g/mol. The van der Waals surface area contributed by atoms with E-state index in [9.17, 15) is 9.59 Å². The zero-order valence-corrected chi connectivity index (χ0v) is 18.3. The number of carbonyl (C=O) groups excluding carboxylic acids is 2. The second kappa shape index (κ2) is 11.0. The van der Waals surface area contributed by atoms with Crippen LogP contribution in [0.1, 0.15) is 33.2 Å². The maximum atomic E-state index is 12.4. The van der Waals surface area contributed by atoms with Crippen molar-refractivity contribution in [2.24, 2.45) is 5.10 Å². The molecule has 0 aliphatic rings. The number of nitrogens with zero attached hydrogens (tertiary/aromatic N) is 1. The fraction of sp³-hybridized carbons (Fsp3) is 0.125. The third kappa shape index (κ3) is 5.86. The van der Waals surface area contributed by atoms with Crippen LogP contribution in [0.25, 0.3) is 0 Å². The van der Waals surface area contributed by atoms with Crippen molar-refractivity contribution in [3.8, 4) is 17.2 Å². The normalized spacial score (nSPS) is 10.6. The van der Waals surface area contributed by atoms with Gasteiger partial charge in [0, 0.05) is 0 Å². The molecule has 0 fully saturated rings. The van der Waals surface area contributed by atoms with Crippen LogP contribution in [0.4, 0.5) is 0 Å². The number of hydrogen-bond donors (Lipinski definition) is 1. The van der Waals surface area contributed by atoms with E-state index in [1.807, 2.05) is 6.92 Å². The number of hydrazone groups is 1. The van der Waals surface area contributed by atoms with Crippen LogP contribution in [0.15, 0.2) is 71.8 Å². The quantitative estimate of drug-likeness (QED) is 0.231. The summed E-state index contributed by atoms with van der Waals surface area (Å²) in [6.45, 7) is 2.43. The summed E-state index contributed by atoms with van der Waals surface area (Å²) in [7, 11) is 1.46. The largest absolute Gasteiger partial charge is 0.494 e. The standard InChI is InChI=1S/C24H21ClN2O5/c1-3-31-18-11-9-17(10-12-18)24(29)32-21-13-8-16(14-22(21)30-2)15-26-27-23(28)19-6-4-5-7-20(19)25/h4-15H,3H2,1-2H3,(H,27,28)/b26-15-. The van der Waals surface area contributed by atoms with Crippen molar-refractivity contribution in [1.82, 2.24) is 5.43 Å². The van der Waals surface area contributed by atoms with E-state index in [1.54, 1.807) is 66.7 Å². The predicted molar refractivity (Wildman–Crippen MR) is 122 cm³/mol. The first-order valence-electron chi connectivity index (χ1n) is 9.72. The Hall–Kier alpha value is -3.84. The number of amides is 1. The van der Waals surface area contributed by atoms with Gasteiger partial charge in [-0.25, -0.2) is 10.2 Å². The van der Waals surface area contributed by atoms with Crippen molar-refractivity contribution >= 4 is 29.7 Å². The number of rotatable bonds is 8. The summed E-state index contributed by atoms with van der Waals surface area (Å²) in [6, 6.07) is 18.2. The molecule has 164 valence electrons. The number of nitrogens with one attached hydrogen (secondary N) is 1. The van der Waals surface area contributed by atoms with Gasteiger partial charge in [0.2, 0.25) is 0 Å². The van der Waals surface area contributed by atoms with Crippen LogP contribution in [0.5, 0.6) is 17.2 Å². The first kappa shape index (κ1) is 22.8. The summed E-state index contributed by atoms with van der Waals surface area (Å²) >= 11 is 6.00. The molecular formula is C24H21ClN2O5. The Morgan fingerprint density at radius 1 is 1.03 bits per heavy atom. The zero-order valence-electron chi connectivity index (χ0n) is 17.5. The van der Waals surface area contributed by atoms with Crippen molar-refractivity contribution in [2.45, 2.75) is 6.92 Å². The van der Waals surface area contributed by atoms with Gasteiger partial charge in [-0.05, 0) is 67.1 Å². The third-order valence-electron chi connectivity index (χ3n) is 4.29. The van der Waals surface area contributed by atoms with Gasteiger partial charge in [-0.15, -0.1) is 0 Å². The van der Waals surface area contributed by atoms with Gasteiger partial charge >= 0.3 is 5.97 Å². The van der Waals surface area contributed by atoms with Gasteiger partial charge in [0.1, 0.15) is 5.75 Å². The molecule has 0 spiro atoms. The summed E-state index contributed by atoms with van der Waals surface area (Å²) in [6.07, 6.45) is 1.44. The van der Waals surface area contributed by atoms with Crippen LogP contribution >= 0.6 is 11.6 Å². The van der Waals surface area contributed by atoms with E-state index in [1.165, 1.54) is 13.3 Å². The van der Waals surface area contributed by atoms with E-state index in [4.69, 9.17) is 25.8 Å². The maximum absolute atomic E-state index is 12.4. The molecule has 0 saturated carbocycles. The number of halogens is 1. The molecule has 0 bridgehead atoms. The lowest BCUT2D eigenvalue weighted by atomic mass is 10.2. The first-order valence-corrected chi connectivity index (χ1v) is 10.1. The van der Waals surface area contributed by atoms with Crippen LogP contribution in [0, 0.1) is 0 Å². The van der Waals surface area contributed by atoms with E-state index < -0.39 is 11.9 Å². The summed E-state index contributed by atoms with van der Waals surface area (Å²) in [5.74, 6) is 0.306. The van der Waals surface area contributed by atoms with Crippen LogP contribution < -0.4 is 19.6 Å². The van der Waals surface area contributed by atoms with Crippen molar-refractivity contribution in [2.75, 3.05) is 13.7 Å². The second-order valence-corrected chi connectivity index (χ2v) is 6.84. The average Bonchev–Trinajstić information content (AvgIpc) is 2.80. The number of carbonyl (C=O) groups is 2. The predicted octanol–water partition coefficient (Wildman–Crippen LogP) is 4.73. The highest BCUT2D eigenvalue weighted by molar-refractivity contribution is 6.33. The number of benzene rings is 3. The van der Waals surface area contributed by atoms with Crippen molar-refractivity contribution in [1.29, 1.82) is 0 Å². The summed E-state index contributed by atoms with van der Waals surface area (Å²) in [5.41, 5.74) is 3.74. The fourth-order valence-corrected chi connectivity index (χ4v) is 2.95. The van der Waals surface area contributed by atoms with E-state index in [0.29, 0.717) is 39.8 Å². The Bertz CT molecular complexity index is 1130. The smallest absolute Gasteiger partial charge is 0.343 e. The highest BCUT2D eigenvalue weighted by Gasteiger charge is 2.13. The van der Waals surface area contributed by atoms with E-state index in [2.05, 4.69) is 10.5 Å². The van der Waals surface area contributed by atoms with Crippen molar-refractivity contribution in [3.05, 3.63) is 88.4 Å². The van der Waals surface area contributed by atoms with Crippen LogP contribution in [-0.4, -0.2) is 31.8 Å². The molecule has 0 aliphatic carbocycles. The molecule has 1 amide bonds. The molecule has 3 rings (SSSR count). The Morgan fingerprint density at radius 3 is 2.47 bits per heavy atom. The molecule has 0 atom stereocenters. The summed E-state index contributed by atoms with van der Waals surface area (Å²) < 4.78 is 16.1. The van der Waals surface area contributed by atoms with Gasteiger partial charge in [0.05, 0.1) is 36.1 Å². The van der Waals surface area contributed by atoms with Gasteiger partial charge in [-0.2, -0.15) is 5.10 Å². The highest BCUT2D eigenvalue weighted by atomic mass is 35.5. The molecule has 32 heavy (non-hydrogen) atoms. The van der Waals surface area contributed by atoms with E-state index in [-0.39, 0.29) is 5.75 Å². The first-order chi connectivity index (χ1) is 15.5. The molecule has 1 N–H and O–H groups in total. The number of ether oxygens (including phenoxy) is 3. The molecule has 0 unspecified atom stereocenters. The van der Waals surface area contributed by atoms with Crippen LogP contribution in [-0.2, 0) is 0 Å². The second-order valence-electron chi connectivity index (χ2n) is 6.44. The van der Waals surface area contributed by atoms with Crippen molar-refractivity contribution < 1.29 is 23.8 Å². The Labute approximate surface area is 190 Å². The molecule has 0 saturated heterocycles. The fourth-order valence-electron chi connectivity index (χ4n) is 2.73. The molecular weight excluding hydrogens is 432 g/mol. The molecule has 7 nitrogen and oxygen atoms in total. The minimum absolute atomic E-state index is 0.253. The molecule has 0 radical (unpaired) electrons. The molecule has 0 aliphatic heterocycles. The van der Waals surface area contributed by atoms with Gasteiger partial charge in [-0.3, -0.25) is 4.79 Å². The van der Waals surface area contributed by atoms with E-state index >= 15 is 0 Å². The number of hydrogen-bond acceptors (Lipinski definition) is 6. The monoisotopic (exact) mass is 452 g/mol. The molecule has 3 aromatic rings. The SMILES string of the molecule is CCOc1ccc(C(=O)Oc2ccc(/C=N\NC(=O)c3ccccc3Cl)cc2OC)cc1. The summed E-state index contributed by atoms with van der Waals surface area (Å²) in [5, 5.41) is 4.27. The Kier molecular flexibility index (Phi) is 7.83. The number of methoxy groups -OCH3 is 1. The number of esters is 1. The Morgan fingerprint density at radius 2 is 1.78 bits per heavy atom. The van der Waals surface area contributed by atoms with Gasteiger partial charge in [0.25, 0.3) is 5.91 Å². The molecule has 8 heteroatoms. The molecule has 0 aromatic heterocycles. The topological polar surface area (TPSA) is 86.2 Å². The molecule has 3 aromatic carbocycles. The van der Waals surface area contributed by atoms with Crippen LogP contribution in [0.2, 0.25) is 5.02 Å². The van der Waals surface area contributed by atoms with Gasteiger partial charge < -0.3 is 14.2 Å². The van der Waals surface area contributed by atoms with Gasteiger partial charge in [-0.1, -0.05) is 23.7 Å². The van der Waals surface area contributed by atoms with Crippen molar-refractivity contribution in [3.63, 3.8) is 0 Å². The third-order valence-corrected chi connectivity index (χ3v) is 4.62. The minimum Gasteiger partial charge on any atom is -0.494 e. The maximum Gasteiger partial charge on any atom is 0.343 e. The minimum atomic E-state index is -0.528. The lowest BCUT2D eigenvalue weighted by molar-refractivity contribution is 0.0729. The summed E-state index contributed by atoms with van der Waals surface area (Å²) in [4.78, 5) is 24.6. The molecule has 0 heterocycles. The Balaban J connectivity index is 1.66. The van der Waals surface area contributed by atoms with E-state index in [0.717, 1.165) is 0 Å². The van der Waals surface area contributed by atoms with Crippen LogP contribution in [0.3, 0.4) is 0 Å². The lowest BCUT2D eigenvalue weighted by Crippen LogP contribution is -2.17. The van der Waals surface area contributed by atoms with Gasteiger partial charge in [0.15, 0.2) is 11.5 Å². The lowest BCUT2D eigenvalue weighted by Gasteiger charge is -2.10. The zero-order chi connectivity index (χ0) is 22.9. The highest BCUT2D eigenvalue weighted by Crippen LogP contribution is 2.28.